The summed E-state index contributed by atoms with van der Waals surface area (Å²) < 4.78 is 1.61. The number of carbonyl (C=O) groups excluding carboxylic acids is 1. The van der Waals surface area contributed by atoms with E-state index in [0.29, 0.717) is 17.5 Å². The van der Waals surface area contributed by atoms with Gasteiger partial charge in [0.25, 0.3) is 0 Å². The molecule has 3 heterocycles. The highest BCUT2D eigenvalue weighted by molar-refractivity contribution is 5.76. The molecule has 0 spiro atoms. The number of nitrogens with zero attached hydrogens (tertiary/aromatic N) is 6. The van der Waals surface area contributed by atoms with E-state index < -0.39 is 5.91 Å². The molecule has 2 N–H and O–H groups in total. The molecule has 3 rings (SSSR count). The Hall–Kier alpha value is -3.16. The summed E-state index contributed by atoms with van der Waals surface area (Å²) in [5.41, 5.74) is 7.80. The first-order valence-electron chi connectivity index (χ1n) is 8.06. The molecule has 0 atom stereocenters. The fourth-order valence-corrected chi connectivity index (χ4v) is 2.54. The highest BCUT2D eigenvalue weighted by Gasteiger charge is 2.19. The number of pyridine rings is 1. The minimum Gasteiger partial charge on any atom is -0.369 e. The van der Waals surface area contributed by atoms with Gasteiger partial charge in [0.05, 0.1) is 17.7 Å². The van der Waals surface area contributed by atoms with Crippen molar-refractivity contribution in [2.24, 2.45) is 5.73 Å². The summed E-state index contributed by atoms with van der Waals surface area (Å²) in [5.74, 6) is 1.03. The van der Waals surface area contributed by atoms with Crippen LogP contribution in [0.4, 0.5) is 0 Å². The normalized spacial score (nSPS) is 10.8. The van der Waals surface area contributed by atoms with Crippen molar-refractivity contribution in [3.63, 3.8) is 0 Å². The van der Waals surface area contributed by atoms with Crippen LogP contribution in [0.15, 0.2) is 30.7 Å². The molecule has 8 nitrogen and oxygen atoms in total. The van der Waals surface area contributed by atoms with E-state index in [1.165, 1.54) is 6.33 Å². The molecule has 128 valence electrons. The SMILES string of the molecule is CCCc1ncncc1-c1nc(CC(N)=O)nn1-c1cccc(C)n1. The molecular formula is C17H19N7O. The van der Waals surface area contributed by atoms with Crippen molar-refractivity contribution in [2.75, 3.05) is 0 Å². The van der Waals surface area contributed by atoms with Crippen molar-refractivity contribution in [2.45, 2.75) is 33.1 Å². The predicted octanol–water partition coefficient (Wildman–Crippen LogP) is 1.41. The van der Waals surface area contributed by atoms with Gasteiger partial charge in [0.1, 0.15) is 6.33 Å². The van der Waals surface area contributed by atoms with Crippen LogP contribution in [-0.2, 0) is 17.6 Å². The summed E-state index contributed by atoms with van der Waals surface area (Å²) in [6.07, 6.45) is 4.92. The van der Waals surface area contributed by atoms with Crippen LogP contribution >= 0.6 is 0 Å². The molecule has 3 aromatic rings. The van der Waals surface area contributed by atoms with Gasteiger partial charge in [-0.3, -0.25) is 4.79 Å². The van der Waals surface area contributed by atoms with Gasteiger partial charge in [0, 0.05) is 11.9 Å². The highest BCUT2D eigenvalue weighted by atomic mass is 16.1. The van der Waals surface area contributed by atoms with Gasteiger partial charge < -0.3 is 5.73 Å². The number of carbonyl (C=O) groups is 1. The zero-order chi connectivity index (χ0) is 17.8. The quantitative estimate of drug-likeness (QED) is 0.727. The van der Waals surface area contributed by atoms with Crippen molar-refractivity contribution < 1.29 is 4.79 Å². The van der Waals surface area contributed by atoms with E-state index in [9.17, 15) is 4.79 Å². The van der Waals surface area contributed by atoms with Crippen LogP contribution in [-0.4, -0.2) is 35.6 Å². The lowest BCUT2D eigenvalue weighted by Gasteiger charge is -2.08. The van der Waals surface area contributed by atoms with Crippen molar-refractivity contribution >= 4 is 5.91 Å². The van der Waals surface area contributed by atoms with E-state index in [1.54, 1.807) is 10.9 Å². The van der Waals surface area contributed by atoms with Gasteiger partial charge in [0.2, 0.25) is 5.91 Å². The first kappa shape index (κ1) is 16.7. The lowest BCUT2D eigenvalue weighted by Crippen LogP contribution is -2.14. The van der Waals surface area contributed by atoms with Crippen LogP contribution in [0.25, 0.3) is 17.2 Å². The molecule has 0 aromatic carbocycles. The van der Waals surface area contributed by atoms with Crippen LogP contribution in [0.1, 0.15) is 30.6 Å². The van der Waals surface area contributed by atoms with Gasteiger partial charge in [-0.1, -0.05) is 19.4 Å². The fourth-order valence-electron chi connectivity index (χ4n) is 2.54. The number of primary amides is 1. The first-order chi connectivity index (χ1) is 12.1. The molecule has 0 fully saturated rings. The van der Waals surface area contributed by atoms with Crippen LogP contribution < -0.4 is 5.73 Å². The van der Waals surface area contributed by atoms with Crippen molar-refractivity contribution in [1.29, 1.82) is 0 Å². The smallest absolute Gasteiger partial charge is 0.225 e. The molecule has 0 saturated heterocycles. The summed E-state index contributed by atoms with van der Waals surface area (Å²) in [7, 11) is 0. The van der Waals surface area contributed by atoms with Crippen LogP contribution in [0.5, 0.6) is 0 Å². The largest absolute Gasteiger partial charge is 0.369 e. The molecular weight excluding hydrogens is 318 g/mol. The Kier molecular flexibility index (Phi) is 4.78. The molecule has 3 aromatic heterocycles. The number of rotatable bonds is 6. The molecule has 0 saturated carbocycles. The Bertz CT molecular complexity index is 904. The standard InChI is InChI=1S/C17H19N7O/c1-3-5-13-12(9-19-10-20-13)17-22-15(8-14(18)25)23-24(17)16-7-4-6-11(2)21-16/h4,6-7,9-10H,3,5,8H2,1-2H3,(H2,18,25). The second kappa shape index (κ2) is 7.16. The number of aromatic nitrogens is 6. The summed E-state index contributed by atoms with van der Waals surface area (Å²) in [5, 5.41) is 4.43. The Morgan fingerprint density at radius 1 is 1.28 bits per heavy atom. The maximum absolute atomic E-state index is 11.3. The lowest BCUT2D eigenvalue weighted by molar-refractivity contribution is -0.117. The van der Waals surface area contributed by atoms with Crippen molar-refractivity contribution in [3.05, 3.63) is 47.9 Å². The van der Waals surface area contributed by atoms with Gasteiger partial charge in [-0.25, -0.2) is 19.9 Å². The zero-order valence-corrected chi connectivity index (χ0v) is 14.2. The van der Waals surface area contributed by atoms with Gasteiger partial charge in [-0.05, 0) is 25.5 Å². The first-order valence-corrected chi connectivity index (χ1v) is 8.06. The minimum atomic E-state index is -0.487. The maximum Gasteiger partial charge on any atom is 0.225 e. The average molecular weight is 337 g/mol. The molecule has 0 bridgehead atoms. The van der Waals surface area contributed by atoms with Crippen molar-refractivity contribution in [1.82, 2.24) is 29.7 Å². The van der Waals surface area contributed by atoms with Gasteiger partial charge >= 0.3 is 0 Å². The summed E-state index contributed by atoms with van der Waals surface area (Å²) in [6.45, 7) is 3.98. The maximum atomic E-state index is 11.3. The van der Waals surface area contributed by atoms with Crippen LogP contribution in [0.2, 0.25) is 0 Å². The monoisotopic (exact) mass is 337 g/mol. The third-order valence-electron chi connectivity index (χ3n) is 3.60. The molecule has 25 heavy (non-hydrogen) atoms. The summed E-state index contributed by atoms with van der Waals surface area (Å²) in [4.78, 5) is 28.8. The van der Waals surface area contributed by atoms with E-state index in [4.69, 9.17) is 5.73 Å². The highest BCUT2D eigenvalue weighted by Crippen LogP contribution is 2.23. The Balaban J connectivity index is 2.18. The number of nitrogens with two attached hydrogens (primary N) is 1. The third-order valence-corrected chi connectivity index (χ3v) is 3.60. The number of hydrogen-bond donors (Lipinski definition) is 1. The van der Waals surface area contributed by atoms with Crippen LogP contribution in [0.3, 0.4) is 0 Å². The van der Waals surface area contributed by atoms with Crippen molar-refractivity contribution in [3.8, 4) is 17.2 Å². The summed E-state index contributed by atoms with van der Waals surface area (Å²) in [6, 6.07) is 5.63. The molecule has 0 unspecified atom stereocenters. The Morgan fingerprint density at radius 3 is 2.84 bits per heavy atom. The summed E-state index contributed by atoms with van der Waals surface area (Å²) >= 11 is 0. The van der Waals surface area contributed by atoms with E-state index in [1.807, 2.05) is 25.1 Å². The lowest BCUT2D eigenvalue weighted by atomic mass is 10.1. The molecule has 8 heteroatoms. The fraction of sp³-hybridized carbons (Fsp3) is 0.294. The number of aryl methyl sites for hydroxylation is 2. The second-order valence-corrected chi connectivity index (χ2v) is 5.68. The molecule has 0 radical (unpaired) electrons. The number of hydrogen-bond acceptors (Lipinski definition) is 6. The van der Waals surface area contributed by atoms with E-state index in [0.717, 1.165) is 29.8 Å². The predicted molar refractivity (Wildman–Crippen MR) is 91.8 cm³/mol. The molecule has 0 aliphatic carbocycles. The molecule has 0 aliphatic rings. The van der Waals surface area contributed by atoms with E-state index in [2.05, 4.69) is 32.0 Å². The van der Waals surface area contributed by atoms with Gasteiger partial charge in [-0.15, -0.1) is 5.10 Å². The third kappa shape index (κ3) is 3.68. The van der Waals surface area contributed by atoms with Gasteiger partial charge in [0.15, 0.2) is 17.5 Å². The topological polar surface area (TPSA) is 112 Å². The van der Waals surface area contributed by atoms with Gasteiger partial charge in [-0.2, -0.15) is 4.68 Å². The average Bonchev–Trinajstić information content (AvgIpc) is 2.98. The van der Waals surface area contributed by atoms with Crippen LogP contribution in [0, 0.1) is 6.92 Å². The Labute approximate surface area is 145 Å². The van der Waals surface area contributed by atoms with E-state index in [-0.39, 0.29) is 6.42 Å². The molecule has 1 amide bonds. The second-order valence-electron chi connectivity index (χ2n) is 5.68. The zero-order valence-electron chi connectivity index (χ0n) is 14.2. The molecule has 0 aliphatic heterocycles. The number of amides is 1. The Morgan fingerprint density at radius 2 is 2.12 bits per heavy atom. The van der Waals surface area contributed by atoms with E-state index >= 15 is 0 Å². The minimum absolute atomic E-state index is 0.0391.